The van der Waals surface area contributed by atoms with E-state index in [0.29, 0.717) is 55.6 Å². The largest absolute Gasteiger partial charge is 0.456 e. The number of anilines is 2. The number of nitrogens with zero attached hydrogens (tertiary/aromatic N) is 1. The van der Waals surface area contributed by atoms with Gasteiger partial charge in [0.25, 0.3) is 20.2 Å². The second-order valence-corrected chi connectivity index (χ2v) is 14.0. The number of aryl methyl sites for hydroxylation is 3. The summed E-state index contributed by atoms with van der Waals surface area (Å²) in [6.45, 7) is 7.38. The quantitative estimate of drug-likeness (QED) is 0.121. The standard InChI is InChI=1S/C35H30N2O7S2/c1-20-8-7-9-21(2)34(20)36-24-13-15-26-29(18-24)44-30-19-25(37-35-22(3)12-17-31(23(35)4)45(38,39)40)14-16-27(30)33(26)28-10-5-6-11-32(28)46(41,42)43/h5-19,36H,1-4H3,(H,38,39,40)(H,41,42,43). The lowest BCUT2D eigenvalue weighted by Crippen LogP contribution is -2.06. The topological polar surface area (TPSA) is 146 Å². The van der Waals surface area contributed by atoms with Gasteiger partial charge in [-0.1, -0.05) is 42.5 Å². The SMILES string of the molecule is Cc1ccc(S(=O)(=O)O)c(C)c1N=c1ccc2c(-c3ccccc3S(=O)(=O)O)c3ccc(Nc4c(C)cccc4C)cc3oc-2c1. The summed E-state index contributed by atoms with van der Waals surface area (Å²) < 4.78 is 75.2. The molecule has 4 aromatic rings. The molecular weight excluding hydrogens is 625 g/mol. The Bertz CT molecular complexity index is 2430. The second kappa shape index (κ2) is 11.5. The Morgan fingerprint density at radius 3 is 2.07 bits per heavy atom. The molecule has 0 saturated carbocycles. The van der Waals surface area contributed by atoms with Gasteiger partial charge in [0.2, 0.25) is 0 Å². The molecule has 0 spiro atoms. The summed E-state index contributed by atoms with van der Waals surface area (Å²) in [7, 11) is -9.05. The van der Waals surface area contributed by atoms with Gasteiger partial charge in [-0.25, -0.2) is 4.99 Å². The highest BCUT2D eigenvalue weighted by molar-refractivity contribution is 7.86. The molecule has 0 bridgehead atoms. The van der Waals surface area contributed by atoms with Gasteiger partial charge in [0.05, 0.1) is 15.9 Å². The van der Waals surface area contributed by atoms with Crippen LogP contribution in [0, 0.1) is 27.7 Å². The zero-order chi connectivity index (χ0) is 33.0. The molecule has 0 radical (unpaired) electrons. The third-order valence-corrected chi connectivity index (χ3v) is 9.90. The Balaban J connectivity index is 1.64. The second-order valence-electron chi connectivity index (χ2n) is 11.2. The van der Waals surface area contributed by atoms with E-state index < -0.39 is 20.2 Å². The third-order valence-electron chi connectivity index (χ3n) is 7.99. The first kappa shape index (κ1) is 31.2. The highest BCUT2D eigenvalue weighted by Gasteiger charge is 2.24. The lowest BCUT2D eigenvalue weighted by Gasteiger charge is -2.18. The number of nitrogens with one attached hydrogen (secondary N) is 1. The highest BCUT2D eigenvalue weighted by Crippen LogP contribution is 2.43. The van der Waals surface area contributed by atoms with Crippen molar-refractivity contribution < 1.29 is 30.4 Å². The van der Waals surface area contributed by atoms with E-state index in [1.807, 2.05) is 50.2 Å². The molecule has 0 aromatic heterocycles. The summed E-state index contributed by atoms with van der Waals surface area (Å²) in [4.78, 5) is 4.23. The van der Waals surface area contributed by atoms with Crippen molar-refractivity contribution in [1.82, 2.24) is 0 Å². The molecular formula is C35H30N2O7S2. The fourth-order valence-corrected chi connectivity index (χ4v) is 7.19. The Hall–Kier alpha value is -4.81. The van der Waals surface area contributed by atoms with Crippen LogP contribution in [0.5, 0.6) is 0 Å². The first-order valence-electron chi connectivity index (χ1n) is 14.3. The molecule has 11 heteroatoms. The molecule has 1 aliphatic heterocycles. The molecule has 1 aliphatic carbocycles. The van der Waals surface area contributed by atoms with E-state index in [2.05, 4.69) is 5.32 Å². The van der Waals surface area contributed by atoms with E-state index in [1.165, 1.54) is 12.1 Å². The Morgan fingerprint density at radius 1 is 0.674 bits per heavy atom. The number of hydrogen-bond donors (Lipinski definition) is 3. The monoisotopic (exact) mass is 654 g/mol. The molecule has 4 aromatic carbocycles. The molecule has 9 nitrogen and oxygen atoms in total. The number of benzene rings is 5. The van der Waals surface area contributed by atoms with Crippen molar-refractivity contribution in [2.45, 2.75) is 37.5 Å². The predicted octanol–water partition coefficient (Wildman–Crippen LogP) is 7.91. The van der Waals surface area contributed by atoms with Gasteiger partial charge in [0, 0.05) is 45.6 Å². The average molecular weight is 655 g/mol. The number of fused-ring (bicyclic) bond motifs is 2. The van der Waals surface area contributed by atoms with Crippen LogP contribution < -0.4 is 10.7 Å². The number of para-hydroxylation sites is 1. The van der Waals surface area contributed by atoms with Gasteiger partial charge in [-0.15, -0.1) is 0 Å². The van der Waals surface area contributed by atoms with Crippen molar-refractivity contribution in [1.29, 1.82) is 0 Å². The molecule has 2 aliphatic rings. The van der Waals surface area contributed by atoms with Crippen molar-refractivity contribution >= 4 is 48.3 Å². The van der Waals surface area contributed by atoms with Gasteiger partial charge >= 0.3 is 0 Å². The maximum Gasteiger partial charge on any atom is 0.295 e. The molecule has 234 valence electrons. The molecule has 0 amide bonds. The fourth-order valence-electron chi connectivity index (χ4n) is 5.77. The maximum atomic E-state index is 12.5. The molecule has 1 heterocycles. The van der Waals surface area contributed by atoms with E-state index in [1.54, 1.807) is 56.3 Å². The van der Waals surface area contributed by atoms with Gasteiger partial charge in [-0.3, -0.25) is 9.11 Å². The van der Waals surface area contributed by atoms with Gasteiger partial charge in [-0.2, -0.15) is 16.8 Å². The first-order valence-corrected chi connectivity index (χ1v) is 17.1. The average Bonchev–Trinajstić information content (AvgIpc) is 2.98. The van der Waals surface area contributed by atoms with Crippen LogP contribution in [0.15, 0.2) is 110 Å². The lowest BCUT2D eigenvalue weighted by molar-refractivity contribution is 0.480. The summed E-state index contributed by atoms with van der Waals surface area (Å²) in [5.74, 6) is 0.374. The van der Waals surface area contributed by atoms with Crippen LogP contribution in [0.3, 0.4) is 0 Å². The van der Waals surface area contributed by atoms with Crippen molar-refractivity contribution in [3.8, 4) is 22.5 Å². The molecule has 46 heavy (non-hydrogen) atoms. The summed E-state index contributed by atoms with van der Waals surface area (Å²) in [6, 6.07) is 25.8. The van der Waals surface area contributed by atoms with Gasteiger partial charge < -0.3 is 9.73 Å². The van der Waals surface area contributed by atoms with Crippen molar-refractivity contribution in [2.75, 3.05) is 5.32 Å². The van der Waals surface area contributed by atoms with Crippen molar-refractivity contribution in [3.63, 3.8) is 0 Å². The Morgan fingerprint density at radius 2 is 1.37 bits per heavy atom. The van der Waals surface area contributed by atoms with Crippen LogP contribution in [-0.2, 0) is 20.2 Å². The van der Waals surface area contributed by atoms with Gasteiger partial charge in [0.1, 0.15) is 16.2 Å². The smallest absolute Gasteiger partial charge is 0.295 e. The van der Waals surface area contributed by atoms with Crippen molar-refractivity contribution in [2.24, 2.45) is 4.99 Å². The normalized spacial score (nSPS) is 12.6. The predicted molar refractivity (Wildman–Crippen MR) is 178 cm³/mol. The highest BCUT2D eigenvalue weighted by atomic mass is 32.2. The summed E-state index contributed by atoms with van der Waals surface area (Å²) in [5, 5.41) is 4.52. The Labute approximate surface area is 266 Å². The fraction of sp³-hybridized carbons (Fsp3) is 0.114. The van der Waals surface area contributed by atoms with Crippen LogP contribution in [0.4, 0.5) is 17.1 Å². The molecule has 0 atom stereocenters. The molecule has 0 saturated heterocycles. The number of hydrogen-bond acceptors (Lipinski definition) is 7. The van der Waals surface area contributed by atoms with Crippen molar-refractivity contribution in [3.05, 3.63) is 119 Å². The zero-order valence-electron chi connectivity index (χ0n) is 25.4. The summed E-state index contributed by atoms with van der Waals surface area (Å²) in [5.41, 5.74) is 7.05. The van der Waals surface area contributed by atoms with E-state index >= 15 is 0 Å². The van der Waals surface area contributed by atoms with Gasteiger partial charge in [0.15, 0.2) is 0 Å². The summed E-state index contributed by atoms with van der Waals surface area (Å²) in [6.07, 6.45) is 0. The lowest BCUT2D eigenvalue weighted by atomic mass is 9.93. The van der Waals surface area contributed by atoms with E-state index in [9.17, 15) is 25.9 Å². The van der Waals surface area contributed by atoms with E-state index in [4.69, 9.17) is 9.41 Å². The minimum Gasteiger partial charge on any atom is -0.456 e. The van der Waals surface area contributed by atoms with E-state index in [-0.39, 0.29) is 9.79 Å². The van der Waals surface area contributed by atoms with Crippen LogP contribution >= 0.6 is 0 Å². The van der Waals surface area contributed by atoms with Crippen LogP contribution in [-0.4, -0.2) is 25.9 Å². The molecule has 6 rings (SSSR count). The van der Waals surface area contributed by atoms with Crippen LogP contribution in [0.2, 0.25) is 0 Å². The third kappa shape index (κ3) is 5.81. The van der Waals surface area contributed by atoms with Gasteiger partial charge in [-0.05, 0) is 86.3 Å². The molecule has 0 unspecified atom stereocenters. The summed E-state index contributed by atoms with van der Waals surface area (Å²) >= 11 is 0. The van der Waals surface area contributed by atoms with Crippen LogP contribution in [0.1, 0.15) is 22.3 Å². The minimum absolute atomic E-state index is 0.235. The van der Waals surface area contributed by atoms with E-state index in [0.717, 1.165) is 22.5 Å². The molecule has 3 N–H and O–H groups in total. The number of rotatable bonds is 6. The Kier molecular flexibility index (Phi) is 7.81. The van der Waals surface area contributed by atoms with Crippen LogP contribution in [0.25, 0.3) is 33.4 Å². The molecule has 0 fully saturated rings. The zero-order valence-corrected chi connectivity index (χ0v) is 27.0. The first-order chi connectivity index (χ1) is 21.7. The minimum atomic E-state index is -4.58. The maximum absolute atomic E-state index is 12.5.